The summed E-state index contributed by atoms with van der Waals surface area (Å²) < 4.78 is 38.1. The minimum Gasteiger partial charge on any atom is -0.392 e. The molecule has 0 spiro atoms. The second kappa shape index (κ2) is 5.36. The number of aliphatic hydroxyl groups excluding tert-OH is 1. The standard InChI is InChI=1S/C13H15F3O/c1-9(2)11(8-17)7-10-5-3-4-6-12(10)13(14,15)16/h3-7,9,17H,8H2,1-2H3. The molecular formula is C13H15F3O. The van der Waals surface area contributed by atoms with Crippen LogP contribution in [-0.2, 0) is 6.18 Å². The minimum atomic E-state index is -4.37. The number of benzene rings is 1. The summed E-state index contributed by atoms with van der Waals surface area (Å²) >= 11 is 0. The van der Waals surface area contributed by atoms with Crippen molar-refractivity contribution in [3.63, 3.8) is 0 Å². The highest BCUT2D eigenvalue weighted by Gasteiger charge is 2.32. The van der Waals surface area contributed by atoms with Gasteiger partial charge in [-0.05, 0) is 23.1 Å². The molecule has 0 bridgehead atoms. The molecule has 1 N–H and O–H groups in total. The molecule has 0 atom stereocenters. The van der Waals surface area contributed by atoms with Crippen LogP contribution in [0.4, 0.5) is 13.2 Å². The Hall–Kier alpha value is -1.29. The van der Waals surface area contributed by atoms with Crippen molar-refractivity contribution in [2.75, 3.05) is 6.61 Å². The summed E-state index contributed by atoms with van der Waals surface area (Å²) in [6, 6.07) is 5.35. The minimum absolute atomic E-state index is 0.0151. The Balaban J connectivity index is 3.23. The highest BCUT2D eigenvalue weighted by molar-refractivity contribution is 5.58. The van der Waals surface area contributed by atoms with E-state index in [0.717, 1.165) is 6.07 Å². The molecule has 0 amide bonds. The van der Waals surface area contributed by atoms with E-state index in [4.69, 9.17) is 5.11 Å². The summed E-state index contributed by atoms with van der Waals surface area (Å²) in [4.78, 5) is 0. The second-order valence-corrected chi connectivity index (χ2v) is 4.12. The van der Waals surface area contributed by atoms with E-state index in [2.05, 4.69) is 0 Å². The van der Waals surface area contributed by atoms with Crippen molar-refractivity contribution in [3.8, 4) is 0 Å². The van der Waals surface area contributed by atoms with E-state index in [1.807, 2.05) is 13.8 Å². The molecule has 0 aliphatic rings. The number of halogens is 3. The van der Waals surface area contributed by atoms with Crippen LogP contribution in [0.1, 0.15) is 25.0 Å². The molecule has 0 heterocycles. The number of hydrogen-bond acceptors (Lipinski definition) is 1. The van der Waals surface area contributed by atoms with E-state index in [9.17, 15) is 13.2 Å². The van der Waals surface area contributed by atoms with Gasteiger partial charge in [0.25, 0.3) is 0 Å². The first-order chi connectivity index (χ1) is 7.86. The van der Waals surface area contributed by atoms with Crippen LogP contribution < -0.4 is 0 Å². The summed E-state index contributed by atoms with van der Waals surface area (Å²) in [7, 11) is 0. The maximum absolute atomic E-state index is 12.7. The van der Waals surface area contributed by atoms with Crippen LogP contribution in [0.25, 0.3) is 6.08 Å². The molecular weight excluding hydrogens is 229 g/mol. The average molecular weight is 244 g/mol. The maximum atomic E-state index is 12.7. The molecule has 0 aliphatic heterocycles. The van der Waals surface area contributed by atoms with Crippen LogP contribution in [0, 0.1) is 5.92 Å². The number of rotatable bonds is 3. The van der Waals surface area contributed by atoms with Crippen molar-refractivity contribution in [3.05, 3.63) is 41.0 Å². The average Bonchev–Trinajstić information content (AvgIpc) is 2.24. The number of aliphatic hydroxyl groups is 1. The molecule has 1 aromatic rings. The van der Waals surface area contributed by atoms with Gasteiger partial charge in [0.15, 0.2) is 0 Å². The van der Waals surface area contributed by atoms with Gasteiger partial charge in [0.05, 0.1) is 12.2 Å². The van der Waals surface area contributed by atoms with Crippen molar-refractivity contribution >= 4 is 6.08 Å². The highest BCUT2D eigenvalue weighted by atomic mass is 19.4. The molecule has 0 saturated carbocycles. The molecule has 0 radical (unpaired) electrons. The van der Waals surface area contributed by atoms with Crippen molar-refractivity contribution in [1.82, 2.24) is 0 Å². The van der Waals surface area contributed by atoms with Gasteiger partial charge in [-0.25, -0.2) is 0 Å². The third-order valence-corrected chi connectivity index (χ3v) is 2.53. The van der Waals surface area contributed by atoms with Crippen molar-refractivity contribution in [1.29, 1.82) is 0 Å². The van der Waals surface area contributed by atoms with Crippen LogP contribution >= 0.6 is 0 Å². The molecule has 0 aliphatic carbocycles. The zero-order chi connectivity index (χ0) is 13.1. The van der Waals surface area contributed by atoms with E-state index in [1.165, 1.54) is 18.2 Å². The molecule has 94 valence electrons. The topological polar surface area (TPSA) is 20.2 Å². The Bertz CT molecular complexity index is 405. The van der Waals surface area contributed by atoms with Crippen LogP contribution in [0.5, 0.6) is 0 Å². The molecule has 0 aromatic heterocycles. The van der Waals surface area contributed by atoms with Gasteiger partial charge in [0.2, 0.25) is 0 Å². The summed E-state index contributed by atoms with van der Waals surface area (Å²) in [5.74, 6) is 0.0151. The van der Waals surface area contributed by atoms with Gasteiger partial charge in [-0.15, -0.1) is 0 Å². The van der Waals surface area contributed by atoms with Crippen LogP contribution in [0.15, 0.2) is 29.8 Å². The third kappa shape index (κ3) is 3.60. The lowest BCUT2D eigenvalue weighted by Crippen LogP contribution is -2.08. The summed E-state index contributed by atoms with van der Waals surface area (Å²) in [5.41, 5.74) is 0.00560. The Morgan fingerprint density at radius 3 is 2.35 bits per heavy atom. The first kappa shape index (κ1) is 13.8. The fourth-order valence-corrected chi connectivity index (χ4v) is 1.48. The molecule has 1 rings (SSSR count). The number of alkyl halides is 3. The number of hydrogen-bond donors (Lipinski definition) is 1. The molecule has 1 nitrogen and oxygen atoms in total. The fraction of sp³-hybridized carbons (Fsp3) is 0.385. The lowest BCUT2D eigenvalue weighted by Gasteiger charge is -2.13. The first-order valence-electron chi connectivity index (χ1n) is 5.33. The zero-order valence-corrected chi connectivity index (χ0v) is 9.75. The molecule has 0 fully saturated rings. The Kier molecular flexibility index (Phi) is 4.34. The second-order valence-electron chi connectivity index (χ2n) is 4.12. The van der Waals surface area contributed by atoms with E-state index in [1.54, 1.807) is 6.07 Å². The fourth-order valence-electron chi connectivity index (χ4n) is 1.48. The highest BCUT2D eigenvalue weighted by Crippen LogP contribution is 2.33. The third-order valence-electron chi connectivity index (χ3n) is 2.53. The monoisotopic (exact) mass is 244 g/mol. The van der Waals surface area contributed by atoms with Crippen molar-refractivity contribution in [2.24, 2.45) is 5.92 Å². The van der Waals surface area contributed by atoms with Gasteiger partial charge in [-0.3, -0.25) is 0 Å². The summed E-state index contributed by atoms with van der Waals surface area (Å²) in [5, 5.41) is 9.10. The van der Waals surface area contributed by atoms with Crippen LogP contribution in [0.2, 0.25) is 0 Å². The maximum Gasteiger partial charge on any atom is 0.416 e. The van der Waals surface area contributed by atoms with E-state index in [-0.39, 0.29) is 18.1 Å². The van der Waals surface area contributed by atoms with Gasteiger partial charge in [0, 0.05) is 0 Å². The zero-order valence-electron chi connectivity index (χ0n) is 9.75. The van der Waals surface area contributed by atoms with Gasteiger partial charge in [0.1, 0.15) is 0 Å². The Morgan fingerprint density at radius 2 is 1.88 bits per heavy atom. The lowest BCUT2D eigenvalue weighted by molar-refractivity contribution is -0.137. The van der Waals surface area contributed by atoms with E-state index < -0.39 is 11.7 Å². The lowest BCUT2D eigenvalue weighted by atomic mass is 9.98. The van der Waals surface area contributed by atoms with Crippen LogP contribution in [-0.4, -0.2) is 11.7 Å². The quantitative estimate of drug-likeness (QED) is 0.858. The SMILES string of the molecule is CC(C)C(=Cc1ccccc1C(F)(F)F)CO. The van der Waals surface area contributed by atoms with Crippen molar-refractivity contribution < 1.29 is 18.3 Å². The smallest absolute Gasteiger partial charge is 0.392 e. The van der Waals surface area contributed by atoms with Gasteiger partial charge < -0.3 is 5.11 Å². The van der Waals surface area contributed by atoms with Gasteiger partial charge >= 0.3 is 6.18 Å². The van der Waals surface area contributed by atoms with Crippen molar-refractivity contribution in [2.45, 2.75) is 20.0 Å². The summed E-state index contributed by atoms with van der Waals surface area (Å²) in [6.45, 7) is 3.43. The normalized spacial score (nSPS) is 13.2. The van der Waals surface area contributed by atoms with Gasteiger partial charge in [-0.1, -0.05) is 38.1 Å². The predicted octanol–water partition coefficient (Wildman–Crippen LogP) is 3.74. The molecule has 1 aromatic carbocycles. The molecule has 0 unspecified atom stereocenters. The predicted molar refractivity (Wildman–Crippen MR) is 61.3 cm³/mol. The summed E-state index contributed by atoms with van der Waals surface area (Å²) in [6.07, 6.45) is -2.96. The molecule has 4 heteroatoms. The van der Waals surface area contributed by atoms with E-state index >= 15 is 0 Å². The van der Waals surface area contributed by atoms with E-state index in [0.29, 0.717) is 5.57 Å². The van der Waals surface area contributed by atoms with Gasteiger partial charge in [-0.2, -0.15) is 13.2 Å². The van der Waals surface area contributed by atoms with Crippen LogP contribution in [0.3, 0.4) is 0 Å². The Labute approximate surface area is 98.6 Å². The molecule has 0 saturated heterocycles. The largest absolute Gasteiger partial charge is 0.416 e. The molecule has 17 heavy (non-hydrogen) atoms. The first-order valence-corrected chi connectivity index (χ1v) is 5.33. The Morgan fingerprint density at radius 1 is 1.29 bits per heavy atom.